The first-order valence-electron chi connectivity index (χ1n) is 17.6. The van der Waals surface area contributed by atoms with Crippen LogP contribution in [0.5, 0.6) is 0 Å². The maximum absolute atomic E-state index is 6.23. The Morgan fingerprint density at radius 3 is 1.88 bits per heavy atom. The molecule has 4 heteroatoms. The van der Waals surface area contributed by atoms with Crippen LogP contribution in [0.25, 0.3) is 79.9 Å². The Labute approximate surface area is 305 Å². The first-order chi connectivity index (χ1) is 25.8. The van der Waals surface area contributed by atoms with Crippen molar-refractivity contribution in [3.05, 3.63) is 182 Å². The van der Waals surface area contributed by atoms with E-state index in [4.69, 9.17) is 4.42 Å². The van der Waals surface area contributed by atoms with Crippen molar-refractivity contribution in [2.45, 2.75) is 0 Å². The molecule has 3 aromatic heterocycles. The van der Waals surface area contributed by atoms with Crippen LogP contribution < -0.4 is 4.90 Å². The molecular formula is C48H30N2OSe. The topological polar surface area (TPSA) is 21.3 Å². The normalized spacial score (nSPS) is 11.8. The molecule has 3 nitrogen and oxygen atoms in total. The van der Waals surface area contributed by atoms with Crippen molar-refractivity contribution in [2.24, 2.45) is 0 Å². The molecule has 0 saturated carbocycles. The van der Waals surface area contributed by atoms with Crippen LogP contribution in [-0.4, -0.2) is 19.1 Å². The van der Waals surface area contributed by atoms with Crippen molar-refractivity contribution < 1.29 is 4.42 Å². The third kappa shape index (κ3) is 4.59. The molecular weight excluding hydrogens is 700 g/mol. The SMILES string of the molecule is c1ccc(-n2c3ccccc3c3ccc(-c4ccc(N(c5ccc6c(c5)[se]c5ccccc56)c5ccc6oc7ccccc7c6c5)cc4)cc32)cc1. The summed E-state index contributed by atoms with van der Waals surface area (Å²) in [5.41, 5.74) is 11.1. The summed E-state index contributed by atoms with van der Waals surface area (Å²) in [4.78, 5) is 2.39. The van der Waals surface area contributed by atoms with Gasteiger partial charge in [-0.3, -0.25) is 0 Å². The van der Waals surface area contributed by atoms with Crippen molar-refractivity contribution in [1.82, 2.24) is 4.57 Å². The molecule has 11 aromatic rings. The van der Waals surface area contributed by atoms with Gasteiger partial charge in [0.15, 0.2) is 0 Å². The minimum absolute atomic E-state index is 0.267. The van der Waals surface area contributed by atoms with E-state index < -0.39 is 0 Å². The summed E-state index contributed by atoms with van der Waals surface area (Å²) >= 11 is 0.267. The quantitative estimate of drug-likeness (QED) is 0.165. The number of furan rings is 1. The number of rotatable bonds is 5. The Morgan fingerprint density at radius 2 is 1.00 bits per heavy atom. The zero-order valence-electron chi connectivity index (χ0n) is 28.0. The van der Waals surface area contributed by atoms with Gasteiger partial charge in [-0.15, -0.1) is 0 Å². The van der Waals surface area contributed by atoms with Crippen LogP contribution >= 0.6 is 0 Å². The van der Waals surface area contributed by atoms with Crippen LogP contribution in [0.15, 0.2) is 186 Å². The first kappa shape index (κ1) is 29.4. The molecule has 0 N–H and O–H groups in total. The maximum atomic E-state index is 6.23. The van der Waals surface area contributed by atoms with Crippen LogP contribution in [-0.2, 0) is 0 Å². The average molecular weight is 730 g/mol. The number of benzene rings is 8. The van der Waals surface area contributed by atoms with Crippen LogP contribution in [0.2, 0.25) is 0 Å². The second kappa shape index (κ2) is 11.6. The van der Waals surface area contributed by atoms with E-state index >= 15 is 0 Å². The Morgan fingerprint density at radius 1 is 0.385 bits per heavy atom. The molecule has 3 heterocycles. The van der Waals surface area contributed by atoms with E-state index in [0.29, 0.717) is 0 Å². The number of para-hydroxylation sites is 3. The fraction of sp³-hybridized carbons (Fsp3) is 0. The minimum Gasteiger partial charge on any atom is -0.0602 e. The third-order valence-electron chi connectivity index (χ3n) is 10.4. The van der Waals surface area contributed by atoms with E-state index in [2.05, 4.69) is 179 Å². The molecule has 244 valence electrons. The standard InChI is InChI=1S/C48H30N2OSe/c1-2-10-33(11-3-1)50-43-15-7-4-12-37(43)38-25-20-32(28-44(38)50)31-18-21-34(22-19-31)49(35-24-27-46-42(29-35)39-13-5-8-16-45(39)51-46)36-23-26-41-40-14-6-9-17-47(40)52-48(41)30-36/h1-30H. The minimum atomic E-state index is 0.267. The molecule has 0 aliphatic heterocycles. The maximum Gasteiger partial charge on any atom is -0.0380 e. The molecule has 0 bridgehead atoms. The van der Waals surface area contributed by atoms with E-state index in [1.165, 1.54) is 52.2 Å². The van der Waals surface area contributed by atoms with Gasteiger partial charge in [0.05, 0.1) is 5.52 Å². The van der Waals surface area contributed by atoms with E-state index in [1.54, 1.807) is 0 Å². The number of aromatic nitrogens is 1. The molecule has 0 amide bonds. The van der Waals surface area contributed by atoms with Crippen LogP contribution in [0.3, 0.4) is 0 Å². The van der Waals surface area contributed by atoms with Crippen LogP contribution in [0, 0.1) is 0 Å². The Bertz CT molecular complexity index is 3130. The Kier molecular flexibility index (Phi) is 6.57. The van der Waals surface area contributed by atoms with Crippen molar-refractivity contribution in [1.29, 1.82) is 0 Å². The molecule has 0 fully saturated rings. The molecule has 8 aromatic carbocycles. The first-order valence-corrected chi connectivity index (χ1v) is 19.3. The fourth-order valence-corrected chi connectivity index (χ4v) is 10.4. The van der Waals surface area contributed by atoms with Crippen molar-refractivity contribution in [3.63, 3.8) is 0 Å². The van der Waals surface area contributed by atoms with Crippen molar-refractivity contribution in [3.8, 4) is 16.8 Å². The number of anilines is 3. The summed E-state index contributed by atoms with van der Waals surface area (Å²) in [6, 6.07) is 66.0. The second-order valence-corrected chi connectivity index (χ2v) is 15.6. The second-order valence-electron chi connectivity index (χ2n) is 13.4. The molecule has 11 rings (SSSR count). The number of hydrogen-bond acceptors (Lipinski definition) is 2. The van der Waals surface area contributed by atoms with Crippen molar-refractivity contribution in [2.75, 3.05) is 4.90 Å². The van der Waals surface area contributed by atoms with Gasteiger partial charge in [-0.1, -0.05) is 36.4 Å². The summed E-state index contributed by atoms with van der Waals surface area (Å²) < 4.78 is 11.5. The van der Waals surface area contributed by atoms with Gasteiger partial charge in [0.25, 0.3) is 0 Å². The van der Waals surface area contributed by atoms with Gasteiger partial charge in [0, 0.05) is 11.1 Å². The summed E-state index contributed by atoms with van der Waals surface area (Å²) in [6.07, 6.45) is 0. The third-order valence-corrected chi connectivity index (χ3v) is 12.8. The molecule has 0 atom stereocenters. The van der Waals surface area contributed by atoms with Crippen LogP contribution in [0.4, 0.5) is 17.1 Å². The smallest absolute Gasteiger partial charge is 0.0380 e. The van der Waals surface area contributed by atoms with E-state index in [-0.39, 0.29) is 14.5 Å². The van der Waals surface area contributed by atoms with Gasteiger partial charge in [-0.2, -0.15) is 0 Å². The van der Waals surface area contributed by atoms with E-state index in [1.807, 2.05) is 12.1 Å². The average Bonchev–Trinajstić information content (AvgIpc) is 3.87. The summed E-state index contributed by atoms with van der Waals surface area (Å²) in [5.74, 6) is 0. The molecule has 0 aliphatic rings. The largest absolute Gasteiger partial charge is 0.0602 e. The predicted octanol–water partition coefficient (Wildman–Crippen LogP) is 13.2. The molecule has 52 heavy (non-hydrogen) atoms. The van der Waals surface area contributed by atoms with Gasteiger partial charge >= 0.3 is 236 Å². The Balaban J connectivity index is 1.06. The fourth-order valence-electron chi connectivity index (χ4n) is 7.96. The summed E-state index contributed by atoms with van der Waals surface area (Å²) in [5, 5.41) is 7.50. The van der Waals surface area contributed by atoms with Gasteiger partial charge in [-0.25, -0.2) is 0 Å². The molecule has 0 aliphatic carbocycles. The number of hydrogen-bond donors (Lipinski definition) is 0. The predicted molar refractivity (Wildman–Crippen MR) is 220 cm³/mol. The molecule has 0 saturated heterocycles. The zero-order chi connectivity index (χ0) is 34.2. The van der Waals surface area contributed by atoms with Crippen molar-refractivity contribution >= 4 is 94.6 Å². The van der Waals surface area contributed by atoms with Gasteiger partial charge in [0.1, 0.15) is 0 Å². The van der Waals surface area contributed by atoms with Gasteiger partial charge in [0.2, 0.25) is 0 Å². The molecule has 0 spiro atoms. The number of fused-ring (bicyclic) bond motifs is 9. The van der Waals surface area contributed by atoms with Gasteiger partial charge < -0.3 is 0 Å². The van der Waals surface area contributed by atoms with E-state index in [0.717, 1.165) is 44.7 Å². The summed E-state index contributed by atoms with van der Waals surface area (Å²) in [6.45, 7) is 0. The summed E-state index contributed by atoms with van der Waals surface area (Å²) in [7, 11) is 0. The molecule has 0 radical (unpaired) electrons. The Hall–Kier alpha value is -6.32. The zero-order valence-corrected chi connectivity index (χ0v) is 29.7. The molecule has 0 unspecified atom stereocenters. The van der Waals surface area contributed by atoms with E-state index in [9.17, 15) is 0 Å². The van der Waals surface area contributed by atoms with Crippen LogP contribution in [0.1, 0.15) is 0 Å². The van der Waals surface area contributed by atoms with Gasteiger partial charge in [-0.05, 0) is 18.2 Å². The number of nitrogens with zero attached hydrogens (tertiary/aromatic N) is 2. The monoisotopic (exact) mass is 730 g/mol.